The van der Waals surface area contributed by atoms with Crippen LogP contribution < -0.4 is 21.7 Å². The van der Waals surface area contributed by atoms with Crippen LogP contribution in [0.5, 0.6) is 0 Å². The molecule has 0 fully saturated rings. The summed E-state index contributed by atoms with van der Waals surface area (Å²) in [6.45, 7) is 0.270. The van der Waals surface area contributed by atoms with E-state index in [0.717, 1.165) is 5.56 Å². The summed E-state index contributed by atoms with van der Waals surface area (Å²) in [5.41, 5.74) is 8.67. The lowest BCUT2D eigenvalue weighted by Crippen LogP contribution is -2.28. The highest BCUT2D eigenvalue weighted by molar-refractivity contribution is 6.30. The molecule has 2 aromatic carbocycles. The van der Waals surface area contributed by atoms with Gasteiger partial charge in [0.25, 0.3) is 5.91 Å². The van der Waals surface area contributed by atoms with E-state index in [1.807, 2.05) is 6.07 Å². The number of fused-ring (bicyclic) bond motifs is 1. The molecule has 0 saturated carbocycles. The first kappa shape index (κ1) is 20.2. The van der Waals surface area contributed by atoms with Crippen LogP contribution in [0, 0.1) is 0 Å². The normalized spacial score (nSPS) is 10.6. The standard InChI is InChI=1S/C21H18ClN7O2/c22-14-4-2-6-16(10-14)28-21(31)24-11-13-3-1-5-15(9-13)27-20(30)17-7-8-29-18(17)19(23)25-12-26-29/h1-10,12H,11H2,(H,27,30)(H2,23,25,26)(H2,24,28,31). The minimum Gasteiger partial charge on any atom is -0.382 e. The molecule has 3 amide bonds. The molecular weight excluding hydrogens is 418 g/mol. The molecule has 2 heterocycles. The lowest BCUT2D eigenvalue weighted by molar-refractivity contribution is 0.102. The van der Waals surface area contributed by atoms with Gasteiger partial charge in [-0.15, -0.1) is 0 Å². The van der Waals surface area contributed by atoms with E-state index >= 15 is 0 Å². The van der Waals surface area contributed by atoms with Crippen molar-refractivity contribution >= 4 is 46.2 Å². The third-order valence-corrected chi connectivity index (χ3v) is 4.68. The van der Waals surface area contributed by atoms with Gasteiger partial charge in [0, 0.05) is 29.1 Å². The van der Waals surface area contributed by atoms with Crippen LogP contribution in [0.1, 0.15) is 15.9 Å². The van der Waals surface area contributed by atoms with Crippen molar-refractivity contribution in [3.63, 3.8) is 0 Å². The Bertz CT molecular complexity index is 1270. The Balaban J connectivity index is 1.40. The minimum atomic E-state index is -0.368. The number of hydrogen-bond donors (Lipinski definition) is 4. The fraction of sp³-hybridized carbons (Fsp3) is 0.0476. The van der Waals surface area contributed by atoms with Crippen molar-refractivity contribution < 1.29 is 9.59 Å². The van der Waals surface area contributed by atoms with E-state index in [1.165, 1.54) is 10.8 Å². The van der Waals surface area contributed by atoms with Crippen LogP contribution >= 0.6 is 11.6 Å². The zero-order valence-electron chi connectivity index (χ0n) is 16.2. The van der Waals surface area contributed by atoms with Crippen LogP contribution in [0.15, 0.2) is 67.1 Å². The van der Waals surface area contributed by atoms with Gasteiger partial charge in [0.15, 0.2) is 5.82 Å². The predicted molar refractivity (Wildman–Crippen MR) is 119 cm³/mol. The van der Waals surface area contributed by atoms with E-state index in [-0.39, 0.29) is 24.3 Å². The van der Waals surface area contributed by atoms with Crippen LogP contribution in [0.2, 0.25) is 5.02 Å². The van der Waals surface area contributed by atoms with Gasteiger partial charge in [0.05, 0.1) is 5.56 Å². The maximum atomic E-state index is 12.7. The van der Waals surface area contributed by atoms with Gasteiger partial charge in [-0.3, -0.25) is 4.79 Å². The zero-order valence-corrected chi connectivity index (χ0v) is 16.9. The summed E-state index contributed by atoms with van der Waals surface area (Å²) in [6, 6.07) is 15.3. The molecule has 0 bridgehead atoms. The quantitative estimate of drug-likeness (QED) is 0.381. The number of carbonyl (C=O) groups is 2. The van der Waals surface area contributed by atoms with Crippen molar-refractivity contribution in [2.75, 3.05) is 16.4 Å². The van der Waals surface area contributed by atoms with Crippen LogP contribution in [-0.2, 0) is 6.54 Å². The highest BCUT2D eigenvalue weighted by Gasteiger charge is 2.15. The van der Waals surface area contributed by atoms with Crippen molar-refractivity contribution in [2.24, 2.45) is 0 Å². The number of nitrogens with zero attached hydrogens (tertiary/aromatic N) is 3. The van der Waals surface area contributed by atoms with Crippen molar-refractivity contribution in [3.05, 3.63) is 83.3 Å². The van der Waals surface area contributed by atoms with E-state index in [0.29, 0.717) is 27.5 Å². The van der Waals surface area contributed by atoms with E-state index in [1.54, 1.807) is 54.7 Å². The highest BCUT2D eigenvalue weighted by Crippen LogP contribution is 2.19. The second-order valence-electron chi connectivity index (χ2n) is 6.64. The molecule has 4 aromatic rings. The molecule has 9 nitrogen and oxygen atoms in total. The van der Waals surface area contributed by atoms with Crippen molar-refractivity contribution in [2.45, 2.75) is 6.54 Å². The Morgan fingerprint density at radius 2 is 1.81 bits per heavy atom. The van der Waals surface area contributed by atoms with E-state index in [9.17, 15) is 9.59 Å². The van der Waals surface area contributed by atoms with Crippen LogP contribution in [0.3, 0.4) is 0 Å². The molecule has 4 rings (SSSR count). The molecule has 0 aliphatic heterocycles. The number of hydrogen-bond acceptors (Lipinski definition) is 5. The summed E-state index contributed by atoms with van der Waals surface area (Å²) in [5.74, 6) is -0.123. The monoisotopic (exact) mass is 435 g/mol. The number of aromatic nitrogens is 3. The number of amides is 3. The van der Waals surface area contributed by atoms with Gasteiger partial charge in [-0.1, -0.05) is 29.8 Å². The number of anilines is 3. The molecule has 31 heavy (non-hydrogen) atoms. The number of carbonyl (C=O) groups excluding carboxylic acids is 2. The second kappa shape index (κ2) is 8.72. The number of nitrogen functional groups attached to an aromatic ring is 1. The predicted octanol–water partition coefficient (Wildman–Crippen LogP) is 3.54. The van der Waals surface area contributed by atoms with Crippen molar-refractivity contribution in [3.8, 4) is 0 Å². The summed E-state index contributed by atoms with van der Waals surface area (Å²) < 4.78 is 1.50. The molecule has 0 saturated heterocycles. The summed E-state index contributed by atoms with van der Waals surface area (Å²) in [7, 11) is 0. The maximum absolute atomic E-state index is 12.7. The number of urea groups is 1. The summed E-state index contributed by atoms with van der Waals surface area (Å²) in [4.78, 5) is 28.8. The third-order valence-electron chi connectivity index (χ3n) is 4.45. The van der Waals surface area contributed by atoms with Gasteiger partial charge >= 0.3 is 6.03 Å². The average Bonchev–Trinajstić information content (AvgIpc) is 3.18. The maximum Gasteiger partial charge on any atom is 0.319 e. The van der Waals surface area contributed by atoms with Gasteiger partial charge in [-0.05, 0) is 42.0 Å². The summed E-state index contributed by atoms with van der Waals surface area (Å²) in [6.07, 6.45) is 2.96. The van der Waals surface area contributed by atoms with Gasteiger partial charge in [-0.25, -0.2) is 14.3 Å². The lowest BCUT2D eigenvalue weighted by atomic mass is 10.2. The lowest BCUT2D eigenvalue weighted by Gasteiger charge is -2.10. The van der Waals surface area contributed by atoms with Crippen LogP contribution in [-0.4, -0.2) is 26.5 Å². The molecule has 0 spiro atoms. The topological polar surface area (TPSA) is 126 Å². The SMILES string of the molecule is Nc1ncnn2ccc(C(=O)Nc3cccc(CNC(=O)Nc4cccc(Cl)c4)c3)c12. The van der Waals surface area contributed by atoms with Gasteiger partial charge < -0.3 is 21.7 Å². The Kier molecular flexibility index (Phi) is 5.67. The number of nitrogens with one attached hydrogen (secondary N) is 3. The van der Waals surface area contributed by atoms with Gasteiger partial charge in [0.2, 0.25) is 0 Å². The van der Waals surface area contributed by atoms with Gasteiger partial charge in [0.1, 0.15) is 11.8 Å². The number of rotatable bonds is 5. The first-order chi connectivity index (χ1) is 15.0. The highest BCUT2D eigenvalue weighted by atomic mass is 35.5. The van der Waals surface area contributed by atoms with E-state index < -0.39 is 0 Å². The largest absolute Gasteiger partial charge is 0.382 e. The fourth-order valence-electron chi connectivity index (χ4n) is 3.04. The third kappa shape index (κ3) is 4.73. The van der Waals surface area contributed by atoms with Crippen LogP contribution in [0.25, 0.3) is 5.52 Å². The Morgan fingerprint density at radius 1 is 1.03 bits per heavy atom. The molecule has 10 heteroatoms. The minimum absolute atomic E-state index is 0.216. The molecule has 2 aromatic heterocycles. The number of halogens is 1. The molecule has 0 radical (unpaired) electrons. The molecule has 0 aliphatic carbocycles. The fourth-order valence-corrected chi connectivity index (χ4v) is 3.23. The van der Waals surface area contributed by atoms with Crippen LogP contribution in [0.4, 0.5) is 22.0 Å². The number of nitrogens with two attached hydrogens (primary N) is 1. The molecule has 0 atom stereocenters. The second-order valence-corrected chi connectivity index (χ2v) is 7.08. The first-order valence-electron chi connectivity index (χ1n) is 9.28. The smallest absolute Gasteiger partial charge is 0.319 e. The van der Waals surface area contributed by atoms with Crippen molar-refractivity contribution in [1.82, 2.24) is 19.9 Å². The Morgan fingerprint density at radius 3 is 2.61 bits per heavy atom. The average molecular weight is 436 g/mol. The summed E-state index contributed by atoms with van der Waals surface area (Å²) >= 11 is 5.92. The molecule has 0 unspecified atom stereocenters. The van der Waals surface area contributed by atoms with E-state index in [2.05, 4.69) is 26.0 Å². The van der Waals surface area contributed by atoms with Crippen molar-refractivity contribution in [1.29, 1.82) is 0 Å². The van der Waals surface area contributed by atoms with E-state index in [4.69, 9.17) is 17.3 Å². The molecule has 156 valence electrons. The van der Waals surface area contributed by atoms with Gasteiger partial charge in [-0.2, -0.15) is 5.10 Å². The first-order valence-corrected chi connectivity index (χ1v) is 9.66. The zero-order chi connectivity index (χ0) is 21.8. The molecular formula is C21H18ClN7O2. The Hall–Kier alpha value is -4.11. The Labute approximate surface area is 182 Å². The summed E-state index contributed by atoms with van der Waals surface area (Å²) in [5, 5.41) is 12.9. The number of benzene rings is 2. The molecule has 5 N–H and O–H groups in total. The molecule has 0 aliphatic rings.